The van der Waals surface area contributed by atoms with Crippen molar-refractivity contribution >= 4 is 22.9 Å². The fourth-order valence-electron chi connectivity index (χ4n) is 3.89. The van der Waals surface area contributed by atoms with E-state index in [0.717, 1.165) is 34.5 Å². The molecule has 0 fully saturated rings. The maximum absolute atomic E-state index is 6.09. The number of aliphatic imine (C=N–C) groups is 1. The first-order chi connectivity index (χ1) is 14.7. The topological polar surface area (TPSA) is 129 Å². The molecule has 3 aromatic heterocycles. The lowest BCUT2D eigenvalue weighted by atomic mass is 10.1. The number of nitrogens with zero attached hydrogens (tertiary/aromatic N) is 4. The van der Waals surface area contributed by atoms with Crippen LogP contribution in [0.1, 0.15) is 23.9 Å². The molecule has 2 aliphatic rings. The fraction of sp³-hybridized carbons (Fsp3) is 0.250. The second-order valence-electron chi connectivity index (χ2n) is 7.27. The second kappa shape index (κ2) is 6.28. The number of hydrogen-bond donors (Lipinski definition) is 3. The third-order valence-corrected chi connectivity index (χ3v) is 5.24. The van der Waals surface area contributed by atoms with Crippen molar-refractivity contribution in [3.63, 3.8) is 0 Å². The van der Waals surface area contributed by atoms with Gasteiger partial charge < -0.3 is 19.6 Å². The summed E-state index contributed by atoms with van der Waals surface area (Å²) in [5, 5.41) is 10.3. The number of hydrogen-bond acceptors (Lipinski definition) is 8. The standard InChI is InChI=1S/C20H19N7O3/c1-10-3-4-14(30-10)17-11(9-22-26-17)18-24-19(21)25-20-23-12-7-15-16(8-13(12)27(18)20)29-6-2-5-28-15/h3-4,7-9,18H,2,5-6H2,1H3,(H,22,26)(H3,21,23,24,25). The molecule has 0 radical (unpaired) electrons. The minimum absolute atomic E-state index is 0.277. The Bertz CT molecular complexity index is 1300. The SMILES string of the molecule is Cc1ccc(-c2[nH]ncc2C2N=C(N)Nc3nc4cc5c(cc4n32)OCCCO5)o1. The van der Waals surface area contributed by atoms with Gasteiger partial charge in [-0.25, -0.2) is 9.98 Å². The lowest BCUT2D eigenvalue weighted by Crippen LogP contribution is -2.31. The normalized spacial score (nSPS) is 17.9. The molecule has 0 saturated carbocycles. The predicted octanol–water partition coefficient (Wildman–Crippen LogP) is 2.78. The Morgan fingerprint density at radius 2 is 2.00 bits per heavy atom. The van der Waals surface area contributed by atoms with Crippen molar-refractivity contribution in [3.8, 4) is 23.0 Å². The molecule has 1 atom stereocenters. The van der Waals surface area contributed by atoms with E-state index in [9.17, 15) is 0 Å². The van der Waals surface area contributed by atoms with Crippen LogP contribution >= 0.6 is 0 Å². The van der Waals surface area contributed by atoms with Crippen molar-refractivity contribution in [2.45, 2.75) is 19.5 Å². The van der Waals surface area contributed by atoms with Crippen molar-refractivity contribution in [2.24, 2.45) is 10.7 Å². The highest BCUT2D eigenvalue weighted by Gasteiger charge is 2.30. The number of nitrogens with one attached hydrogen (secondary N) is 2. The van der Waals surface area contributed by atoms with Crippen LogP contribution in [0.3, 0.4) is 0 Å². The van der Waals surface area contributed by atoms with Crippen LogP contribution in [-0.2, 0) is 0 Å². The number of aromatic nitrogens is 4. The van der Waals surface area contributed by atoms with Gasteiger partial charge in [-0.15, -0.1) is 0 Å². The van der Waals surface area contributed by atoms with Crippen LogP contribution in [0.15, 0.2) is 39.9 Å². The number of benzene rings is 1. The van der Waals surface area contributed by atoms with Gasteiger partial charge in [-0.2, -0.15) is 5.10 Å². The van der Waals surface area contributed by atoms with Crippen molar-refractivity contribution in [1.29, 1.82) is 0 Å². The molecule has 0 aliphatic carbocycles. The summed E-state index contributed by atoms with van der Waals surface area (Å²) >= 11 is 0. The number of ether oxygens (including phenoxy) is 2. The quantitative estimate of drug-likeness (QED) is 0.468. The maximum Gasteiger partial charge on any atom is 0.212 e. The van der Waals surface area contributed by atoms with E-state index in [0.29, 0.717) is 36.4 Å². The summed E-state index contributed by atoms with van der Waals surface area (Å²) in [4.78, 5) is 9.35. The van der Waals surface area contributed by atoms with Crippen molar-refractivity contribution in [3.05, 3.63) is 41.8 Å². The van der Waals surface area contributed by atoms with E-state index in [1.165, 1.54) is 0 Å². The summed E-state index contributed by atoms with van der Waals surface area (Å²) in [6.07, 6.45) is 2.09. The minimum atomic E-state index is -0.477. The van der Waals surface area contributed by atoms with Crippen LogP contribution in [0.25, 0.3) is 22.5 Å². The molecule has 1 aromatic carbocycles. The summed E-state index contributed by atoms with van der Waals surface area (Å²) in [5.41, 5.74) is 9.26. The zero-order valence-electron chi connectivity index (χ0n) is 16.2. The molecule has 4 N–H and O–H groups in total. The van der Waals surface area contributed by atoms with E-state index in [2.05, 4.69) is 20.5 Å². The molecule has 10 nitrogen and oxygen atoms in total. The molecule has 2 aliphatic heterocycles. The first-order valence-corrected chi connectivity index (χ1v) is 9.69. The Hall–Kier alpha value is -3.95. The minimum Gasteiger partial charge on any atom is -0.489 e. The van der Waals surface area contributed by atoms with Crippen LogP contribution in [0, 0.1) is 6.92 Å². The first-order valence-electron chi connectivity index (χ1n) is 9.69. The number of nitrogens with two attached hydrogens (primary N) is 1. The van der Waals surface area contributed by atoms with E-state index in [1.54, 1.807) is 6.20 Å². The highest BCUT2D eigenvalue weighted by atomic mass is 16.5. The third-order valence-electron chi connectivity index (χ3n) is 5.24. The van der Waals surface area contributed by atoms with Gasteiger partial charge in [-0.05, 0) is 19.1 Å². The van der Waals surface area contributed by atoms with E-state index < -0.39 is 6.17 Å². The number of fused-ring (bicyclic) bond motifs is 4. The van der Waals surface area contributed by atoms with Gasteiger partial charge >= 0.3 is 0 Å². The number of aryl methyl sites for hydroxylation is 1. The Morgan fingerprint density at radius 3 is 2.80 bits per heavy atom. The van der Waals surface area contributed by atoms with Crippen LogP contribution in [0.4, 0.5) is 5.95 Å². The lowest BCUT2D eigenvalue weighted by Gasteiger charge is -2.23. The molecule has 30 heavy (non-hydrogen) atoms. The summed E-state index contributed by atoms with van der Waals surface area (Å²) in [6.45, 7) is 3.12. The highest BCUT2D eigenvalue weighted by molar-refractivity contribution is 5.95. The monoisotopic (exact) mass is 405 g/mol. The molecular weight excluding hydrogens is 386 g/mol. The average molecular weight is 405 g/mol. The molecule has 0 bridgehead atoms. The molecule has 0 saturated heterocycles. The summed E-state index contributed by atoms with van der Waals surface area (Å²) in [5.74, 6) is 3.75. The number of imidazole rings is 1. The van der Waals surface area contributed by atoms with Gasteiger partial charge in [0.15, 0.2) is 29.4 Å². The van der Waals surface area contributed by atoms with Crippen molar-refractivity contribution in [2.75, 3.05) is 18.5 Å². The van der Waals surface area contributed by atoms with E-state index in [-0.39, 0.29) is 5.96 Å². The molecule has 5 heterocycles. The van der Waals surface area contributed by atoms with Gasteiger partial charge in [0.25, 0.3) is 0 Å². The molecule has 10 heteroatoms. The van der Waals surface area contributed by atoms with Gasteiger partial charge in [0, 0.05) is 24.1 Å². The maximum atomic E-state index is 6.09. The van der Waals surface area contributed by atoms with Crippen molar-refractivity contribution < 1.29 is 13.9 Å². The van der Waals surface area contributed by atoms with Gasteiger partial charge in [-0.1, -0.05) is 0 Å². The van der Waals surface area contributed by atoms with E-state index in [1.807, 2.05) is 35.8 Å². The van der Waals surface area contributed by atoms with Crippen LogP contribution in [0.5, 0.6) is 11.5 Å². The Morgan fingerprint density at radius 1 is 1.17 bits per heavy atom. The molecule has 152 valence electrons. The average Bonchev–Trinajstić information content (AvgIpc) is 3.40. The zero-order chi connectivity index (χ0) is 20.2. The summed E-state index contributed by atoms with van der Waals surface area (Å²) < 4.78 is 19.5. The molecule has 4 aromatic rings. The lowest BCUT2D eigenvalue weighted by molar-refractivity contribution is 0.297. The van der Waals surface area contributed by atoms with Crippen LogP contribution in [-0.4, -0.2) is 38.9 Å². The van der Waals surface area contributed by atoms with Gasteiger partial charge in [0.1, 0.15) is 11.5 Å². The number of aromatic amines is 1. The second-order valence-corrected chi connectivity index (χ2v) is 7.27. The number of rotatable bonds is 2. The predicted molar refractivity (Wildman–Crippen MR) is 110 cm³/mol. The summed E-state index contributed by atoms with van der Waals surface area (Å²) in [7, 11) is 0. The Labute approximate surface area is 170 Å². The number of furan rings is 1. The van der Waals surface area contributed by atoms with E-state index in [4.69, 9.17) is 24.6 Å². The smallest absolute Gasteiger partial charge is 0.212 e. The third kappa shape index (κ3) is 2.53. The molecule has 0 amide bonds. The van der Waals surface area contributed by atoms with Gasteiger partial charge in [0.2, 0.25) is 5.95 Å². The molecule has 6 rings (SSSR count). The summed E-state index contributed by atoms with van der Waals surface area (Å²) in [6, 6.07) is 7.64. The first kappa shape index (κ1) is 17.0. The van der Waals surface area contributed by atoms with Crippen molar-refractivity contribution in [1.82, 2.24) is 19.7 Å². The van der Waals surface area contributed by atoms with Crippen LogP contribution < -0.4 is 20.5 Å². The Kier molecular flexibility index (Phi) is 3.55. The molecule has 0 spiro atoms. The Balaban J connectivity index is 1.54. The molecule has 1 unspecified atom stereocenters. The zero-order valence-corrected chi connectivity index (χ0v) is 16.2. The number of anilines is 1. The largest absolute Gasteiger partial charge is 0.489 e. The number of guanidine groups is 1. The van der Waals surface area contributed by atoms with Gasteiger partial charge in [-0.3, -0.25) is 15.0 Å². The highest BCUT2D eigenvalue weighted by Crippen LogP contribution is 2.40. The number of H-pyrrole nitrogens is 1. The van der Waals surface area contributed by atoms with Gasteiger partial charge in [0.05, 0.1) is 30.4 Å². The fourth-order valence-corrected chi connectivity index (χ4v) is 3.89. The van der Waals surface area contributed by atoms with Crippen LogP contribution in [0.2, 0.25) is 0 Å². The van der Waals surface area contributed by atoms with E-state index >= 15 is 0 Å². The molecular formula is C20H19N7O3.